The molecule has 0 amide bonds. The zero-order valence-corrected chi connectivity index (χ0v) is 10.7. The number of aliphatic hydroxyl groups is 1. The van der Waals surface area contributed by atoms with E-state index in [9.17, 15) is 13.2 Å². The number of hydrogen-bond acceptors (Lipinski definition) is 4. The van der Waals surface area contributed by atoms with Crippen molar-refractivity contribution in [1.82, 2.24) is 9.88 Å². The van der Waals surface area contributed by atoms with Gasteiger partial charge in [0, 0.05) is 25.8 Å². The molecule has 1 heterocycles. The summed E-state index contributed by atoms with van der Waals surface area (Å²) in [4.78, 5) is 5.21. The van der Waals surface area contributed by atoms with Crippen LogP contribution >= 0.6 is 0 Å². The summed E-state index contributed by atoms with van der Waals surface area (Å²) in [6.07, 6.45) is -2.72. The van der Waals surface area contributed by atoms with Crippen LogP contribution < -0.4 is 5.32 Å². The van der Waals surface area contributed by atoms with Crippen LogP contribution in [0, 0.1) is 0 Å². The van der Waals surface area contributed by atoms with Crippen LogP contribution in [0.5, 0.6) is 0 Å². The van der Waals surface area contributed by atoms with E-state index in [1.165, 1.54) is 0 Å². The zero-order chi connectivity index (χ0) is 14.3. The fraction of sp³-hybridized carbons (Fsp3) is 0.583. The van der Waals surface area contributed by atoms with Gasteiger partial charge >= 0.3 is 6.18 Å². The number of aliphatic hydroxyl groups excluding tert-OH is 1. The van der Waals surface area contributed by atoms with E-state index in [1.54, 1.807) is 18.3 Å². The molecule has 2 N–H and O–H groups in total. The number of anilines is 1. The molecule has 108 valence electrons. The number of halogens is 3. The largest absolute Gasteiger partial charge is 0.401 e. The number of hydrogen-bond donors (Lipinski definition) is 2. The molecular formula is C12H18F3N3O. The van der Waals surface area contributed by atoms with Crippen molar-refractivity contribution >= 4 is 5.82 Å². The number of nitrogens with one attached hydrogen (secondary N) is 1. The molecule has 0 fully saturated rings. The Bertz CT molecular complexity index is 385. The Labute approximate surface area is 110 Å². The maximum Gasteiger partial charge on any atom is 0.401 e. The minimum absolute atomic E-state index is 0.0155. The third-order valence-corrected chi connectivity index (χ3v) is 2.41. The smallest absolute Gasteiger partial charge is 0.395 e. The highest BCUT2D eigenvalue weighted by molar-refractivity contribution is 5.37. The van der Waals surface area contributed by atoms with E-state index in [1.807, 2.05) is 6.92 Å². The van der Waals surface area contributed by atoms with Gasteiger partial charge in [-0.05, 0) is 24.6 Å². The van der Waals surface area contributed by atoms with E-state index in [4.69, 9.17) is 5.11 Å². The van der Waals surface area contributed by atoms with Gasteiger partial charge in [0.2, 0.25) is 0 Å². The Morgan fingerprint density at radius 3 is 2.74 bits per heavy atom. The summed E-state index contributed by atoms with van der Waals surface area (Å²) >= 11 is 0. The van der Waals surface area contributed by atoms with E-state index in [-0.39, 0.29) is 19.7 Å². The first-order valence-electron chi connectivity index (χ1n) is 6.03. The molecule has 0 saturated carbocycles. The van der Waals surface area contributed by atoms with Crippen molar-refractivity contribution in [2.24, 2.45) is 0 Å². The third kappa shape index (κ3) is 6.40. The standard InChI is InChI=1S/C12H18F3N3O/c1-2-16-11-7-10(3-4-17-11)8-18(5-6-19)9-12(13,14)15/h3-4,7,19H,2,5-6,8-9H2,1H3,(H,16,17). The van der Waals surface area contributed by atoms with Crippen LogP contribution in [0.1, 0.15) is 12.5 Å². The summed E-state index contributed by atoms with van der Waals surface area (Å²) in [7, 11) is 0. The van der Waals surface area contributed by atoms with Gasteiger partial charge in [0.05, 0.1) is 13.2 Å². The predicted octanol–water partition coefficient (Wildman–Crippen LogP) is 1.87. The lowest BCUT2D eigenvalue weighted by Crippen LogP contribution is -2.35. The van der Waals surface area contributed by atoms with Gasteiger partial charge in [0.25, 0.3) is 0 Å². The van der Waals surface area contributed by atoms with Crippen LogP contribution in [0.15, 0.2) is 18.3 Å². The molecule has 0 aliphatic carbocycles. The molecule has 0 radical (unpaired) electrons. The van der Waals surface area contributed by atoms with Crippen molar-refractivity contribution in [3.63, 3.8) is 0 Å². The Hall–Kier alpha value is -1.34. The Morgan fingerprint density at radius 1 is 1.42 bits per heavy atom. The van der Waals surface area contributed by atoms with Gasteiger partial charge in [-0.15, -0.1) is 0 Å². The molecule has 0 spiro atoms. The normalized spacial score (nSPS) is 11.9. The average Bonchev–Trinajstić information content (AvgIpc) is 2.28. The summed E-state index contributed by atoms with van der Waals surface area (Å²) in [5, 5.41) is 11.8. The topological polar surface area (TPSA) is 48.4 Å². The highest BCUT2D eigenvalue weighted by Gasteiger charge is 2.30. The number of rotatable bonds is 7. The number of nitrogens with zero attached hydrogens (tertiary/aromatic N) is 2. The monoisotopic (exact) mass is 277 g/mol. The Morgan fingerprint density at radius 2 is 2.16 bits per heavy atom. The van der Waals surface area contributed by atoms with Crippen molar-refractivity contribution < 1.29 is 18.3 Å². The van der Waals surface area contributed by atoms with Crippen molar-refractivity contribution in [2.75, 3.05) is 31.6 Å². The minimum atomic E-state index is -4.27. The van der Waals surface area contributed by atoms with E-state index in [0.29, 0.717) is 12.4 Å². The van der Waals surface area contributed by atoms with Crippen LogP contribution in [0.25, 0.3) is 0 Å². The molecule has 0 aliphatic rings. The zero-order valence-electron chi connectivity index (χ0n) is 10.7. The second-order valence-electron chi connectivity index (χ2n) is 4.13. The van der Waals surface area contributed by atoms with E-state index >= 15 is 0 Å². The lowest BCUT2D eigenvalue weighted by atomic mass is 10.2. The molecule has 1 rings (SSSR count). The highest BCUT2D eigenvalue weighted by atomic mass is 19.4. The molecule has 7 heteroatoms. The fourth-order valence-electron chi connectivity index (χ4n) is 1.72. The predicted molar refractivity (Wildman–Crippen MR) is 66.8 cm³/mol. The van der Waals surface area contributed by atoms with Gasteiger partial charge in [-0.25, -0.2) is 4.98 Å². The van der Waals surface area contributed by atoms with Crippen LogP contribution in [0.2, 0.25) is 0 Å². The Kier molecular flexibility index (Phi) is 6.04. The molecular weight excluding hydrogens is 259 g/mol. The van der Waals surface area contributed by atoms with E-state index < -0.39 is 12.7 Å². The molecule has 0 aromatic carbocycles. The molecule has 0 unspecified atom stereocenters. The van der Waals surface area contributed by atoms with Crippen LogP contribution in [-0.4, -0.2) is 47.4 Å². The second-order valence-corrected chi connectivity index (χ2v) is 4.13. The maximum absolute atomic E-state index is 12.4. The number of alkyl halides is 3. The lowest BCUT2D eigenvalue weighted by Gasteiger charge is -2.22. The molecule has 4 nitrogen and oxygen atoms in total. The molecule has 0 saturated heterocycles. The molecule has 1 aromatic heterocycles. The molecule has 19 heavy (non-hydrogen) atoms. The fourth-order valence-corrected chi connectivity index (χ4v) is 1.72. The average molecular weight is 277 g/mol. The van der Waals surface area contributed by atoms with Crippen molar-refractivity contribution in [3.8, 4) is 0 Å². The summed E-state index contributed by atoms with van der Waals surface area (Å²) in [6, 6.07) is 3.38. The first-order valence-corrected chi connectivity index (χ1v) is 6.03. The van der Waals surface area contributed by atoms with Crippen molar-refractivity contribution in [1.29, 1.82) is 0 Å². The van der Waals surface area contributed by atoms with Gasteiger partial charge in [-0.2, -0.15) is 13.2 Å². The van der Waals surface area contributed by atoms with Gasteiger partial charge in [-0.3, -0.25) is 4.90 Å². The Balaban J connectivity index is 2.69. The van der Waals surface area contributed by atoms with Gasteiger partial charge in [0.1, 0.15) is 5.82 Å². The van der Waals surface area contributed by atoms with Crippen LogP contribution in [0.3, 0.4) is 0 Å². The molecule has 0 aliphatic heterocycles. The maximum atomic E-state index is 12.4. The molecule has 0 atom stereocenters. The van der Waals surface area contributed by atoms with Crippen molar-refractivity contribution in [2.45, 2.75) is 19.6 Å². The summed E-state index contributed by atoms with van der Waals surface area (Å²) in [5.41, 5.74) is 0.726. The van der Waals surface area contributed by atoms with Gasteiger partial charge in [0.15, 0.2) is 0 Å². The summed E-state index contributed by atoms with van der Waals surface area (Å²) < 4.78 is 37.2. The first kappa shape index (κ1) is 15.7. The van der Waals surface area contributed by atoms with E-state index in [0.717, 1.165) is 10.5 Å². The van der Waals surface area contributed by atoms with Gasteiger partial charge < -0.3 is 10.4 Å². The summed E-state index contributed by atoms with van der Waals surface area (Å²) in [6.45, 7) is 1.38. The van der Waals surface area contributed by atoms with Crippen LogP contribution in [0.4, 0.5) is 19.0 Å². The minimum Gasteiger partial charge on any atom is -0.395 e. The second kappa shape index (κ2) is 7.30. The highest BCUT2D eigenvalue weighted by Crippen LogP contribution is 2.18. The number of pyridine rings is 1. The quantitative estimate of drug-likeness (QED) is 0.799. The van der Waals surface area contributed by atoms with Crippen LogP contribution in [-0.2, 0) is 6.54 Å². The van der Waals surface area contributed by atoms with Crippen molar-refractivity contribution in [3.05, 3.63) is 23.9 Å². The molecule has 1 aromatic rings. The molecule has 0 bridgehead atoms. The number of aromatic nitrogens is 1. The lowest BCUT2D eigenvalue weighted by molar-refractivity contribution is -0.147. The van der Waals surface area contributed by atoms with E-state index in [2.05, 4.69) is 10.3 Å². The third-order valence-electron chi connectivity index (χ3n) is 2.41. The van der Waals surface area contributed by atoms with Gasteiger partial charge in [-0.1, -0.05) is 0 Å². The SMILES string of the molecule is CCNc1cc(CN(CCO)CC(F)(F)F)ccn1. The summed E-state index contributed by atoms with van der Waals surface area (Å²) in [5.74, 6) is 0.635. The first-order chi connectivity index (χ1) is 8.94.